The number of hydrogen-bond donors (Lipinski definition) is 1. The number of benzene rings is 1. The van der Waals surface area contributed by atoms with E-state index in [0.717, 1.165) is 38.9 Å². The van der Waals surface area contributed by atoms with Crippen molar-refractivity contribution in [1.29, 1.82) is 0 Å². The number of halogens is 1. The summed E-state index contributed by atoms with van der Waals surface area (Å²) in [6.45, 7) is 5.22. The summed E-state index contributed by atoms with van der Waals surface area (Å²) in [5.41, 5.74) is 0.642. The Hall–Kier alpha value is -2.15. The first-order chi connectivity index (χ1) is 12.6. The summed E-state index contributed by atoms with van der Waals surface area (Å²) in [4.78, 5) is 27.7. The number of piperidine rings is 1. The highest BCUT2D eigenvalue weighted by Crippen LogP contribution is 2.32. The molecule has 1 saturated heterocycles. The number of carbonyl (C=O) groups is 2. The molecule has 2 amide bonds. The van der Waals surface area contributed by atoms with Crippen LogP contribution in [-0.2, 0) is 9.59 Å². The summed E-state index contributed by atoms with van der Waals surface area (Å²) in [6, 6.07) is 4.55. The SMILES string of the molecule is CCC(=O)NC1CCN(CCCN2C(=O)COc3cc(F)ccc32)CC1. The summed E-state index contributed by atoms with van der Waals surface area (Å²) in [7, 11) is 0. The zero-order valence-corrected chi connectivity index (χ0v) is 15.2. The molecular formula is C19H26FN3O3. The van der Waals surface area contributed by atoms with Gasteiger partial charge in [-0.1, -0.05) is 6.92 Å². The molecule has 0 aromatic heterocycles. The number of carbonyl (C=O) groups excluding carboxylic acids is 2. The van der Waals surface area contributed by atoms with Crippen LogP contribution in [0.2, 0.25) is 0 Å². The van der Waals surface area contributed by atoms with Gasteiger partial charge in [-0.15, -0.1) is 0 Å². The molecule has 0 bridgehead atoms. The molecule has 2 aliphatic heterocycles. The smallest absolute Gasteiger partial charge is 0.265 e. The van der Waals surface area contributed by atoms with E-state index in [4.69, 9.17) is 4.74 Å². The van der Waals surface area contributed by atoms with Gasteiger partial charge >= 0.3 is 0 Å². The van der Waals surface area contributed by atoms with Crippen molar-refractivity contribution in [2.45, 2.75) is 38.6 Å². The van der Waals surface area contributed by atoms with E-state index in [1.54, 1.807) is 11.0 Å². The van der Waals surface area contributed by atoms with Crippen molar-refractivity contribution in [3.8, 4) is 5.75 Å². The average Bonchev–Trinajstić information content (AvgIpc) is 2.64. The zero-order valence-electron chi connectivity index (χ0n) is 15.2. The van der Waals surface area contributed by atoms with Crippen molar-refractivity contribution in [3.05, 3.63) is 24.0 Å². The molecule has 0 saturated carbocycles. The number of likely N-dealkylation sites (tertiary alicyclic amines) is 1. The molecule has 142 valence electrons. The van der Waals surface area contributed by atoms with Gasteiger partial charge in [-0.25, -0.2) is 4.39 Å². The maximum absolute atomic E-state index is 13.3. The standard InChI is InChI=1S/C19H26FN3O3/c1-2-18(24)21-15-6-10-22(11-7-15)8-3-9-23-16-5-4-14(20)12-17(16)26-13-19(23)25/h4-5,12,15H,2-3,6-11,13H2,1H3,(H,21,24). The minimum Gasteiger partial charge on any atom is -0.481 e. The summed E-state index contributed by atoms with van der Waals surface area (Å²) in [5.74, 6) is 0.0858. The van der Waals surface area contributed by atoms with Crippen LogP contribution in [0.1, 0.15) is 32.6 Å². The summed E-state index contributed by atoms with van der Waals surface area (Å²) < 4.78 is 18.7. The number of anilines is 1. The van der Waals surface area contributed by atoms with Crippen LogP contribution in [0.15, 0.2) is 18.2 Å². The Kier molecular flexibility index (Phi) is 6.08. The van der Waals surface area contributed by atoms with E-state index in [2.05, 4.69) is 10.2 Å². The second-order valence-electron chi connectivity index (χ2n) is 6.84. The molecule has 0 radical (unpaired) electrons. The van der Waals surface area contributed by atoms with E-state index >= 15 is 0 Å². The van der Waals surface area contributed by atoms with Crippen LogP contribution in [0.4, 0.5) is 10.1 Å². The lowest BCUT2D eigenvalue weighted by atomic mass is 10.0. The third kappa shape index (κ3) is 4.52. The molecule has 2 heterocycles. The number of ether oxygens (including phenoxy) is 1. The Morgan fingerprint density at radius 3 is 2.81 bits per heavy atom. The highest BCUT2D eigenvalue weighted by atomic mass is 19.1. The van der Waals surface area contributed by atoms with Crippen molar-refractivity contribution in [2.24, 2.45) is 0 Å². The largest absolute Gasteiger partial charge is 0.481 e. The van der Waals surface area contributed by atoms with Gasteiger partial charge in [-0.2, -0.15) is 0 Å². The molecule has 0 aliphatic carbocycles. The van der Waals surface area contributed by atoms with Crippen LogP contribution in [-0.4, -0.2) is 55.5 Å². The van der Waals surface area contributed by atoms with Gasteiger partial charge in [0.2, 0.25) is 5.91 Å². The van der Waals surface area contributed by atoms with Crippen LogP contribution >= 0.6 is 0 Å². The lowest BCUT2D eigenvalue weighted by Crippen LogP contribution is -2.45. The fraction of sp³-hybridized carbons (Fsp3) is 0.579. The highest BCUT2D eigenvalue weighted by Gasteiger charge is 2.26. The first kappa shape index (κ1) is 18.6. The maximum atomic E-state index is 13.3. The molecular weight excluding hydrogens is 337 g/mol. The predicted molar refractivity (Wildman–Crippen MR) is 96.8 cm³/mol. The van der Waals surface area contributed by atoms with E-state index in [0.29, 0.717) is 24.4 Å². The molecule has 1 aromatic carbocycles. The number of rotatable bonds is 6. The van der Waals surface area contributed by atoms with Gasteiger partial charge in [0.15, 0.2) is 6.61 Å². The van der Waals surface area contributed by atoms with Crippen molar-refractivity contribution in [3.63, 3.8) is 0 Å². The van der Waals surface area contributed by atoms with E-state index in [-0.39, 0.29) is 30.3 Å². The molecule has 7 heteroatoms. The molecule has 0 spiro atoms. The fourth-order valence-electron chi connectivity index (χ4n) is 3.51. The molecule has 1 fully saturated rings. The Labute approximate surface area is 153 Å². The van der Waals surface area contributed by atoms with Gasteiger partial charge < -0.3 is 19.9 Å². The minimum absolute atomic E-state index is 0.0427. The minimum atomic E-state index is -0.365. The highest BCUT2D eigenvalue weighted by molar-refractivity contribution is 5.97. The van der Waals surface area contributed by atoms with Crippen LogP contribution in [0, 0.1) is 5.82 Å². The Balaban J connectivity index is 1.46. The average molecular weight is 363 g/mol. The first-order valence-electron chi connectivity index (χ1n) is 9.31. The third-order valence-corrected chi connectivity index (χ3v) is 4.99. The number of amides is 2. The van der Waals surface area contributed by atoms with Gasteiger partial charge in [-0.05, 0) is 37.9 Å². The lowest BCUT2D eigenvalue weighted by molar-refractivity contribution is -0.122. The molecule has 26 heavy (non-hydrogen) atoms. The van der Waals surface area contributed by atoms with Gasteiger partial charge in [0.05, 0.1) is 5.69 Å². The summed E-state index contributed by atoms with van der Waals surface area (Å²) in [6.07, 6.45) is 3.29. The molecule has 3 rings (SSSR count). The van der Waals surface area contributed by atoms with Gasteiger partial charge in [-0.3, -0.25) is 9.59 Å². The quantitative estimate of drug-likeness (QED) is 0.839. The zero-order chi connectivity index (χ0) is 18.5. The lowest BCUT2D eigenvalue weighted by Gasteiger charge is -2.33. The summed E-state index contributed by atoms with van der Waals surface area (Å²) in [5, 5.41) is 3.06. The first-order valence-corrected chi connectivity index (χ1v) is 9.31. The van der Waals surface area contributed by atoms with E-state index in [1.165, 1.54) is 12.1 Å². The number of nitrogens with zero attached hydrogens (tertiary/aromatic N) is 2. The Bertz CT molecular complexity index is 659. The molecule has 1 N–H and O–H groups in total. The van der Waals surface area contributed by atoms with Crippen LogP contribution in [0.3, 0.4) is 0 Å². The number of nitrogens with one attached hydrogen (secondary N) is 1. The molecule has 1 aromatic rings. The van der Waals surface area contributed by atoms with Crippen molar-refractivity contribution in [2.75, 3.05) is 37.7 Å². The summed E-state index contributed by atoms with van der Waals surface area (Å²) >= 11 is 0. The van der Waals surface area contributed by atoms with Crippen molar-refractivity contribution in [1.82, 2.24) is 10.2 Å². The number of hydrogen-bond acceptors (Lipinski definition) is 4. The monoisotopic (exact) mass is 363 g/mol. The van der Waals surface area contributed by atoms with Gasteiger partial charge in [0.1, 0.15) is 11.6 Å². The third-order valence-electron chi connectivity index (χ3n) is 4.99. The van der Waals surface area contributed by atoms with Crippen LogP contribution < -0.4 is 15.0 Å². The molecule has 0 unspecified atom stereocenters. The Morgan fingerprint density at radius 2 is 2.08 bits per heavy atom. The second kappa shape index (κ2) is 8.49. The Morgan fingerprint density at radius 1 is 1.31 bits per heavy atom. The topological polar surface area (TPSA) is 61.9 Å². The van der Waals surface area contributed by atoms with Crippen LogP contribution in [0.25, 0.3) is 0 Å². The van der Waals surface area contributed by atoms with Gasteiger partial charge in [0, 0.05) is 38.2 Å². The van der Waals surface area contributed by atoms with Crippen molar-refractivity contribution >= 4 is 17.5 Å². The van der Waals surface area contributed by atoms with E-state index < -0.39 is 0 Å². The normalized spacial score (nSPS) is 18.4. The predicted octanol–water partition coefficient (Wildman–Crippen LogP) is 1.93. The second-order valence-corrected chi connectivity index (χ2v) is 6.84. The molecule has 6 nitrogen and oxygen atoms in total. The van der Waals surface area contributed by atoms with E-state index in [9.17, 15) is 14.0 Å². The molecule has 0 atom stereocenters. The van der Waals surface area contributed by atoms with E-state index in [1.807, 2.05) is 6.92 Å². The number of fused-ring (bicyclic) bond motifs is 1. The fourth-order valence-corrected chi connectivity index (χ4v) is 3.51. The van der Waals surface area contributed by atoms with Gasteiger partial charge in [0.25, 0.3) is 5.91 Å². The molecule has 2 aliphatic rings. The van der Waals surface area contributed by atoms with Crippen LogP contribution in [0.5, 0.6) is 5.75 Å². The van der Waals surface area contributed by atoms with Crippen molar-refractivity contribution < 1.29 is 18.7 Å². The maximum Gasteiger partial charge on any atom is 0.265 e.